The monoisotopic (exact) mass is 272 g/mol. The lowest BCUT2D eigenvalue weighted by Crippen LogP contribution is -2.37. The highest BCUT2D eigenvalue weighted by atomic mass is 19.2. The normalized spacial score (nSPS) is 19.2. The van der Waals surface area contributed by atoms with E-state index in [1.165, 1.54) is 0 Å². The molecule has 3 nitrogen and oxygen atoms in total. The summed E-state index contributed by atoms with van der Waals surface area (Å²) < 4.78 is 39.0. The van der Waals surface area contributed by atoms with E-state index in [1.807, 2.05) is 0 Å². The molecule has 0 aliphatic carbocycles. The molecular weight excluding hydrogens is 257 g/mol. The molecule has 1 aliphatic rings. The summed E-state index contributed by atoms with van der Waals surface area (Å²) in [4.78, 5) is 11.7. The molecule has 1 aromatic rings. The van der Waals surface area contributed by atoms with Gasteiger partial charge in [0.2, 0.25) is 5.91 Å². The molecule has 0 aromatic heterocycles. The Morgan fingerprint density at radius 2 is 1.95 bits per heavy atom. The van der Waals surface area contributed by atoms with E-state index in [0.717, 1.165) is 25.8 Å². The van der Waals surface area contributed by atoms with Gasteiger partial charge in [0, 0.05) is 24.6 Å². The number of hydrogen-bond acceptors (Lipinski definition) is 2. The van der Waals surface area contributed by atoms with E-state index >= 15 is 0 Å². The number of rotatable bonds is 3. The molecule has 6 heteroatoms. The highest BCUT2D eigenvalue weighted by molar-refractivity contribution is 5.91. The molecule has 1 aliphatic heterocycles. The van der Waals surface area contributed by atoms with Gasteiger partial charge in [-0.1, -0.05) is 6.42 Å². The van der Waals surface area contributed by atoms with Crippen molar-refractivity contribution in [1.82, 2.24) is 5.32 Å². The summed E-state index contributed by atoms with van der Waals surface area (Å²) in [7, 11) is 0. The summed E-state index contributed by atoms with van der Waals surface area (Å²) >= 11 is 0. The van der Waals surface area contributed by atoms with E-state index in [4.69, 9.17) is 0 Å². The summed E-state index contributed by atoms with van der Waals surface area (Å²) in [6.07, 6.45) is 3.20. The van der Waals surface area contributed by atoms with Crippen LogP contribution < -0.4 is 10.6 Å². The molecule has 19 heavy (non-hydrogen) atoms. The summed E-state index contributed by atoms with van der Waals surface area (Å²) in [5.41, 5.74) is -0.334. The Balaban J connectivity index is 1.96. The van der Waals surface area contributed by atoms with Gasteiger partial charge in [-0.15, -0.1) is 0 Å². The molecule has 1 heterocycles. The van der Waals surface area contributed by atoms with Crippen molar-refractivity contribution in [3.63, 3.8) is 0 Å². The first-order chi connectivity index (χ1) is 9.06. The van der Waals surface area contributed by atoms with Gasteiger partial charge >= 0.3 is 0 Å². The summed E-state index contributed by atoms with van der Waals surface area (Å²) in [6.45, 7) is 0.859. The molecule has 0 saturated carbocycles. The Bertz CT molecular complexity index is 473. The smallest absolute Gasteiger partial charge is 0.226 e. The third kappa shape index (κ3) is 3.70. The van der Waals surface area contributed by atoms with Crippen molar-refractivity contribution in [2.75, 3.05) is 11.9 Å². The molecule has 1 aromatic carbocycles. The van der Waals surface area contributed by atoms with Crippen molar-refractivity contribution in [1.29, 1.82) is 0 Å². The second kappa shape index (κ2) is 6.06. The lowest BCUT2D eigenvalue weighted by atomic mass is 10.0. The Hall–Kier alpha value is -1.56. The van der Waals surface area contributed by atoms with E-state index in [2.05, 4.69) is 10.6 Å². The molecule has 1 unspecified atom stereocenters. The summed E-state index contributed by atoms with van der Waals surface area (Å²) in [5, 5.41) is 5.45. The van der Waals surface area contributed by atoms with E-state index in [-0.39, 0.29) is 18.2 Å². The second-order valence-electron chi connectivity index (χ2n) is 4.65. The zero-order valence-corrected chi connectivity index (χ0v) is 10.3. The molecule has 2 rings (SSSR count). The van der Waals surface area contributed by atoms with E-state index < -0.39 is 23.4 Å². The van der Waals surface area contributed by atoms with Crippen molar-refractivity contribution in [2.45, 2.75) is 31.7 Å². The van der Waals surface area contributed by atoms with Crippen molar-refractivity contribution >= 4 is 11.6 Å². The highest BCUT2D eigenvalue weighted by Gasteiger charge is 2.18. The van der Waals surface area contributed by atoms with Crippen LogP contribution in [0.25, 0.3) is 0 Å². The van der Waals surface area contributed by atoms with Gasteiger partial charge in [-0.2, -0.15) is 0 Å². The summed E-state index contributed by atoms with van der Waals surface area (Å²) in [5.74, 6) is -3.86. The third-order valence-electron chi connectivity index (χ3n) is 3.13. The number of anilines is 1. The number of carbonyl (C=O) groups is 1. The van der Waals surface area contributed by atoms with E-state index in [9.17, 15) is 18.0 Å². The van der Waals surface area contributed by atoms with Crippen LogP contribution in [-0.4, -0.2) is 18.5 Å². The SMILES string of the molecule is O=C(CC1CCCCN1)Nc1cc(F)c(F)cc1F. The van der Waals surface area contributed by atoms with Crippen LogP contribution in [0.2, 0.25) is 0 Å². The van der Waals surface area contributed by atoms with Crippen LogP contribution in [0.1, 0.15) is 25.7 Å². The third-order valence-corrected chi connectivity index (χ3v) is 3.13. The predicted octanol–water partition coefficient (Wildman–Crippen LogP) is 2.57. The molecule has 1 saturated heterocycles. The van der Waals surface area contributed by atoms with Crippen LogP contribution in [0.15, 0.2) is 12.1 Å². The van der Waals surface area contributed by atoms with Gasteiger partial charge in [0.1, 0.15) is 5.82 Å². The number of amides is 1. The van der Waals surface area contributed by atoms with Gasteiger partial charge in [-0.25, -0.2) is 13.2 Å². The standard InChI is InChI=1S/C13H15F3N2O/c14-9-6-11(16)12(7-10(9)15)18-13(19)5-8-3-1-2-4-17-8/h6-8,17H,1-5H2,(H,18,19). The first-order valence-electron chi connectivity index (χ1n) is 6.24. The average Bonchev–Trinajstić information content (AvgIpc) is 2.37. The maximum Gasteiger partial charge on any atom is 0.226 e. The van der Waals surface area contributed by atoms with E-state index in [0.29, 0.717) is 12.1 Å². The van der Waals surface area contributed by atoms with Crippen molar-refractivity contribution in [3.05, 3.63) is 29.6 Å². The maximum atomic E-state index is 13.3. The fourth-order valence-corrected chi connectivity index (χ4v) is 2.14. The van der Waals surface area contributed by atoms with Gasteiger partial charge < -0.3 is 10.6 Å². The van der Waals surface area contributed by atoms with Crippen LogP contribution in [0.4, 0.5) is 18.9 Å². The molecule has 104 valence electrons. The Labute approximate surface area is 109 Å². The molecule has 1 amide bonds. The van der Waals surface area contributed by atoms with Crippen LogP contribution in [0.3, 0.4) is 0 Å². The zero-order valence-electron chi connectivity index (χ0n) is 10.3. The maximum absolute atomic E-state index is 13.3. The molecule has 0 bridgehead atoms. The minimum atomic E-state index is -1.27. The minimum Gasteiger partial charge on any atom is -0.323 e. The largest absolute Gasteiger partial charge is 0.323 e. The minimum absolute atomic E-state index is 0.0575. The fraction of sp³-hybridized carbons (Fsp3) is 0.462. The Kier molecular flexibility index (Phi) is 4.42. The molecular formula is C13H15F3N2O. The van der Waals surface area contributed by atoms with Gasteiger partial charge in [0.05, 0.1) is 5.69 Å². The van der Waals surface area contributed by atoms with E-state index in [1.54, 1.807) is 0 Å². The number of nitrogens with one attached hydrogen (secondary N) is 2. The Morgan fingerprint density at radius 3 is 2.63 bits per heavy atom. The van der Waals surface area contributed by atoms with Crippen LogP contribution in [0.5, 0.6) is 0 Å². The lowest BCUT2D eigenvalue weighted by Gasteiger charge is -2.22. The number of halogens is 3. The number of benzene rings is 1. The quantitative estimate of drug-likeness (QED) is 0.830. The predicted molar refractivity (Wildman–Crippen MR) is 65.2 cm³/mol. The average molecular weight is 272 g/mol. The van der Waals surface area contributed by atoms with Crippen LogP contribution >= 0.6 is 0 Å². The Morgan fingerprint density at radius 1 is 1.21 bits per heavy atom. The van der Waals surface area contributed by atoms with Gasteiger partial charge in [0.15, 0.2) is 11.6 Å². The molecule has 1 fully saturated rings. The lowest BCUT2D eigenvalue weighted by molar-refractivity contribution is -0.116. The fourth-order valence-electron chi connectivity index (χ4n) is 2.14. The highest BCUT2D eigenvalue weighted by Crippen LogP contribution is 2.19. The topological polar surface area (TPSA) is 41.1 Å². The molecule has 1 atom stereocenters. The van der Waals surface area contributed by atoms with Crippen molar-refractivity contribution < 1.29 is 18.0 Å². The first kappa shape index (κ1) is 13.9. The van der Waals surface area contributed by atoms with Crippen molar-refractivity contribution in [3.8, 4) is 0 Å². The van der Waals surface area contributed by atoms with Crippen LogP contribution in [-0.2, 0) is 4.79 Å². The van der Waals surface area contributed by atoms with Gasteiger partial charge in [-0.05, 0) is 19.4 Å². The first-order valence-corrected chi connectivity index (χ1v) is 6.24. The molecule has 0 spiro atoms. The second-order valence-corrected chi connectivity index (χ2v) is 4.65. The van der Waals surface area contributed by atoms with Gasteiger partial charge in [-0.3, -0.25) is 4.79 Å². The van der Waals surface area contributed by atoms with Crippen molar-refractivity contribution in [2.24, 2.45) is 0 Å². The number of piperidine rings is 1. The molecule has 2 N–H and O–H groups in total. The number of carbonyl (C=O) groups excluding carboxylic acids is 1. The zero-order chi connectivity index (χ0) is 13.8. The summed E-state index contributed by atoms with van der Waals surface area (Å²) in [6, 6.07) is 1.13. The molecule has 0 radical (unpaired) electrons. The van der Waals surface area contributed by atoms with Gasteiger partial charge in [0.25, 0.3) is 0 Å². The van der Waals surface area contributed by atoms with Crippen LogP contribution in [0, 0.1) is 17.5 Å². The number of hydrogen-bond donors (Lipinski definition) is 2.